The summed E-state index contributed by atoms with van der Waals surface area (Å²) in [7, 11) is 0.618. The van der Waals surface area contributed by atoms with Gasteiger partial charge in [-0.15, -0.1) is 0 Å². The molecular formula is C45H49N3O7Si. The summed E-state index contributed by atoms with van der Waals surface area (Å²) in [6.45, 7) is 7.37. The van der Waals surface area contributed by atoms with Crippen LogP contribution in [0, 0.1) is 5.92 Å². The highest BCUT2D eigenvalue weighted by Gasteiger charge is 2.66. The summed E-state index contributed by atoms with van der Waals surface area (Å²) in [6.07, 6.45) is 1.19. The average Bonchev–Trinajstić information content (AvgIpc) is 3.64. The maximum Gasteiger partial charge on any atom is 0.297 e. The summed E-state index contributed by atoms with van der Waals surface area (Å²) in [6, 6.07) is 36.7. The Morgan fingerprint density at radius 1 is 0.857 bits per heavy atom. The first-order valence-electron chi connectivity index (χ1n) is 19.0. The van der Waals surface area contributed by atoms with Crippen molar-refractivity contribution < 1.29 is 28.9 Å². The smallest absolute Gasteiger partial charge is 0.297 e. The van der Waals surface area contributed by atoms with Gasteiger partial charge in [-0.2, -0.15) is 0 Å². The number of carbonyl (C=O) groups excluding carboxylic acids is 2. The standard InChI is InChI=1S/C45H49N3O7Si/c1-31-42(56(4,5)36-23-21-35(53-2)22-24-36)40(28-41(50)46(26-27-49)29-32-12-7-6-8-13-32)55-45(31)37-14-9-10-15-38(37)48(44(45)52)30-33-17-19-34(20-18-33)47-25-11-16-39(54-3)43(47)51/h6-25,31,40,42,49H,26-30H2,1-5H3/t31-,40+,42-,45+/m0/s1. The highest BCUT2D eigenvalue weighted by Crippen LogP contribution is 2.60. The molecule has 5 aromatic rings. The van der Waals surface area contributed by atoms with Gasteiger partial charge in [-0.1, -0.05) is 98.0 Å². The van der Waals surface area contributed by atoms with Gasteiger partial charge in [-0.05, 0) is 59.1 Å². The maximum atomic E-state index is 15.2. The minimum Gasteiger partial charge on any atom is -0.497 e. The van der Waals surface area contributed by atoms with Crippen LogP contribution in [0.1, 0.15) is 30.0 Å². The normalized spacial score (nSPS) is 20.3. The number of methoxy groups -OCH3 is 2. The number of pyridine rings is 1. The van der Waals surface area contributed by atoms with E-state index >= 15 is 4.79 Å². The second-order valence-corrected chi connectivity index (χ2v) is 19.9. The Hall–Kier alpha value is -5.49. The molecule has 4 atom stereocenters. The first kappa shape index (κ1) is 38.8. The van der Waals surface area contributed by atoms with Crippen LogP contribution in [0.4, 0.5) is 5.69 Å². The van der Waals surface area contributed by atoms with Gasteiger partial charge in [0.2, 0.25) is 5.91 Å². The predicted octanol–water partition coefficient (Wildman–Crippen LogP) is 6.03. The van der Waals surface area contributed by atoms with Crippen molar-refractivity contribution in [2.24, 2.45) is 5.92 Å². The Morgan fingerprint density at radius 3 is 2.23 bits per heavy atom. The number of amides is 2. The fourth-order valence-corrected chi connectivity index (χ4v) is 12.9. The number of aliphatic hydroxyl groups excluding tert-OH is 1. The number of rotatable bonds is 13. The SMILES string of the molecule is COc1ccc([Si](C)(C)[C@@H]2[C@@H](CC(=O)N(CCO)Cc3ccccc3)O[C@]3(C(=O)N(Cc4ccc(-n5cccc(OC)c5=O)cc4)c4ccccc43)[C@H]2C)cc1. The Balaban J connectivity index is 1.24. The van der Waals surface area contributed by atoms with Crippen LogP contribution in [0.2, 0.25) is 18.6 Å². The molecule has 2 aliphatic rings. The van der Waals surface area contributed by atoms with Crippen molar-refractivity contribution in [1.82, 2.24) is 9.47 Å². The lowest BCUT2D eigenvalue weighted by molar-refractivity contribution is -0.150. The van der Waals surface area contributed by atoms with Gasteiger partial charge in [0.1, 0.15) is 5.75 Å². The first-order valence-corrected chi connectivity index (χ1v) is 22.1. The molecule has 0 saturated carbocycles. The van der Waals surface area contributed by atoms with Crippen LogP contribution in [0.3, 0.4) is 0 Å². The summed E-state index contributed by atoms with van der Waals surface area (Å²) in [5, 5.41) is 11.2. The third-order valence-corrected chi connectivity index (χ3v) is 16.1. The van der Waals surface area contributed by atoms with Gasteiger partial charge in [0, 0.05) is 36.5 Å². The summed E-state index contributed by atoms with van der Waals surface area (Å²) in [5.74, 6) is 0.436. The number of hydrogen-bond donors (Lipinski definition) is 1. The first-order chi connectivity index (χ1) is 27.0. The van der Waals surface area contributed by atoms with Crippen molar-refractivity contribution >= 4 is 30.8 Å². The van der Waals surface area contributed by atoms with Crippen molar-refractivity contribution in [1.29, 1.82) is 0 Å². The van der Waals surface area contributed by atoms with Crippen LogP contribution in [-0.2, 0) is 33.0 Å². The monoisotopic (exact) mass is 771 g/mol. The molecule has 7 rings (SSSR count). The lowest BCUT2D eigenvalue weighted by Gasteiger charge is -2.37. The number of benzene rings is 4. The zero-order chi connectivity index (χ0) is 39.6. The van der Waals surface area contributed by atoms with Crippen molar-refractivity contribution in [3.63, 3.8) is 0 Å². The van der Waals surface area contributed by atoms with Gasteiger partial charge in [-0.25, -0.2) is 0 Å². The molecule has 1 fully saturated rings. The molecular weight excluding hydrogens is 723 g/mol. The van der Waals surface area contributed by atoms with Crippen LogP contribution in [0.25, 0.3) is 5.69 Å². The number of aromatic nitrogens is 1. The van der Waals surface area contributed by atoms with Crippen LogP contribution in [-0.4, -0.2) is 67.9 Å². The molecule has 0 unspecified atom stereocenters. The van der Waals surface area contributed by atoms with E-state index in [2.05, 4.69) is 32.2 Å². The summed E-state index contributed by atoms with van der Waals surface area (Å²) < 4.78 is 19.5. The molecule has 0 radical (unpaired) electrons. The number of aliphatic hydroxyl groups is 1. The zero-order valence-corrected chi connectivity index (χ0v) is 33.6. The number of carbonyl (C=O) groups is 2. The Kier molecular flexibility index (Phi) is 11.0. The van der Waals surface area contributed by atoms with E-state index < -0.39 is 19.8 Å². The van der Waals surface area contributed by atoms with Crippen LogP contribution in [0.5, 0.6) is 11.5 Å². The lowest BCUT2D eigenvalue weighted by atomic mass is 9.82. The lowest BCUT2D eigenvalue weighted by Crippen LogP contribution is -2.52. The highest BCUT2D eigenvalue weighted by atomic mass is 28.3. The number of ether oxygens (including phenoxy) is 3. The van der Waals surface area contributed by atoms with E-state index in [0.717, 1.165) is 28.1 Å². The third kappa shape index (κ3) is 6.95. The molecule has 0 bridgehead atoms. The molecule has 2 amide bonds. The molecule has 0 aliphatic carbocycles. The average molecular weight is 772 g/mol. The Morgan fingerprint density at radius 2 is 1.55 bits per heavy atom. The molecule has 1 spiro atoms. The maximum absolute atomic E-state index is 15.2. The third-order valence-electron chi connectivity index (χ3n) is 11.7. The van der Waals surface area contributed by atoms with E-state index in [1.807, 2.05) is 91.0 Å². The van der Waals surface area contributed by atoms with Crippen LogP contribution < -0.4 is 25.1 Å². The van der Waals surface area contributed by atoms with Crippen LogP contribution >= 0.6 is 0 Å². The Bertz CT molecular complexity index is 2240. The van der Waals surface area contributed by atoms with Gasteiger partial charge < -0.3 is 29.1 Å². The molecule has 3 heterocycles. The molecule has 2 aliphatic heterocycles. The number of hydrogen-bond acceptors (Lipinski definition) is 7. The van der Waals surface area contributed by atoms with E-state index in [1.54, 1.807) is 35.2 Å². The molecule has 56 heavy (non-hydrogen) atoms. The van der Waals surface area contributed by atoms with Crippen molar-refractivity contribution in [2.45, 2.75) is 56.8 Å². The minimum atomic E-state index is -2.50. The van der Waals surface area contributed by atoms with Gasteiger partial charge in [-0.3, -0.25) is 19.0 Å². The molecule has 1 aromatic heterocycles. The van der Waals surface area contributed by atoms with Gasteiger partial charge >= 0.3 is 0 Å². The largest absolute Gasteiger partial charge is 0.497 e. The van der Waals surface area contributed by atoms with Gasteiger partial charge in [0.05, 0.1) is 53.7 Å². The molecule has 11 heteroatoms. The highest BCUT2D eigenvalue weighted by molar-refractivity contribution is 6.91. The van der Waals surface area contributed by atoms with E-state index in [0.29, 0.717) is 12.2 Å². The summed E-state index contributed by atoms with van der Waals surface area (Å²) in [4.78, 5) is 45.9. The minimum absolute atomic E-state index is 0.0662. The zero-order valence-electron chi connectivity index (χ0n) is 32.6. The predicted molar refractivity (Wildman–Crippen MR) is 219 cm³/mol. The van der Waals surface area contributed by atoms with E-state index in [9.17, 15) is 14.7 Å². The topological polar surface area (TPSA) is 111 Å². The molecule has 10 nitrogen and oxygen atoms in total. The molecule has 4 aromatic carbocycles. The second kappa shape index (κ2) is 15.9. The van der Waals surface area contributed by atoms with Gasteiger partial charge in [0.25, 0.3) is 11.5 Å². The number of anilines is 1. The van der Waals surface area contributed by atoms with Crippen molar-refractivity contribution in [3.05, 3.63) is 149 Å². The molecule has 1 N–H and O–H groups in total. The number of fused-ring (bicyclic) bond motifs is 2. The fourth-order valence-electron chi connectivity index (χ4n) is 8.92. The van der Waals surface area contributed by atoms with Crippen LogP contribution in [0.15, 0.2) is 126 Å². The number of para-hydroxylation sites is 1. The van der Waals surface area contributed by atoms with Crippen molar-refractivity contribution in [3.8, 4) is 17.2 Å². The van der Waals surface area contributed by atoms with Crippen molar-refractivity contribution in [2.75, 3.05) is 32.3 Å². The second-order valence-electron chi connectivity index (χ2n) is 15.2. The summed E-state index contributed by atoms with van der Waals surface area (Å²) >= 11 is 0. The quantitative estimate of drug-likeness (QED) is 0.146. The molecule has 290 valence electrons. The summed E-state index contributed by atoms with van der Waals surface area (Å²) in [5.41, 5.74) is 2.39. The van der Waals surface area contributed by atoms with Gasteiger partial charge in [0.15, 0.2) is 11.4 Å². The van der Waals surface area contributed by atoms with E-state index in [1.165, 1.54) is 16.9 Å². The Labute approximate surface area is 328 Å². The van der Waals surface area contributed by atoms with E-state index in [4.69, 9.17) is 14.2 Å². The molecule has 1 saturated heterocycles. The fraction of sp³-hybridized carbons (Fsp3) is 0.311. The number of nitrogens with zero attached hydrogens (tertiary/aromatic N) is 3. The van der Waals surface area contributed by atoms with E-state index in [-0.39, 0.29) is 60.7 Å².